The molecule has 0 fully saturated rings. The van der Waals surface area contributed by atoms with E-state index >= 15 is 0 Å². The molecule has 0 aliphatic heterocycles. The SMILES string of the molecule is CC(C)NCc1ccc(-c2cncc(F)c2)c(F)c1. The summed E-state index contributed by atoms with van der Waals surface area (Å²) in [7, 11) is 0. The van der Waals surface area contributed by atoms with Gasteiger partial charge in [0.05, 0.1) is 6.20 Å². The van der Waals surface area contributed by atoms with E-state index in [2.05, 4.69) is 10.3 Å². The summed E-state index contributed by atoms with van der Waals surface area (Å²) in [5, 5.41) is 3.22. The molecule has 0 unspecified atom stereocenters. The Bertz CT molecular complexity index is 568. The highest BCUT2D eigenvalue weighted by Crippen LogP contribution is 2.23. The van der Waals surface area contributed by atoms with Crippen molar-refractivity contribution in [2.45, 2.75) is 26.4 Å². The Morgan fingerprint density at radius 1 is 1.16 bits per heavy atom. The third-order valence-corrected chi connectivity index (χ3v) is 2.76. The average molecular weight is 262 g/mol. The van der Waals surface area contributed by atoms with Gasteiger partial charge in [-0.3, -0.25) is 4.98 Å². The molecule has 100 valence electrons. The van der Waals surface area contributed by atoms with Crippen molar-refractivity contribution < 1.29 is 8.78 Å². The van der Waals surface area contributed by atoms with E-state index in [1.54, 1.807) is 6.07 Å². The molecule has 2 rings (SSSR count). The third-order valence-electron chi connectivity index (χ3n) is 2.76. The van der Waals surface area contributed by atoms with Gasteiger partial charge in [0.15, 0.2) is 0 Å². The quantitative estimate of drug-likeness (QED) is 0.911. The van der Waals surface area contributed by atoms with Crippen LogP contribution in [0.25, 0.3) is 11.1 Å². The molecule has 1 heterocycles. The minimum atomic E-state index is -0.470. The smallest absolute Gasteiger partial charge is 0.142 e. The Labute approximate surface area is 111 Å². The molecule has 4 heteroatoms. The highest BCUT2D eigenvalue weighted by molar-refractivity contribution is 5.63. The second-order valence-corrected chi connectivity index (χ2v) is 4.74. The van der Waals surface area contributed by atoms with Crippen molar-refractivity contribution in [2.24, 2.45) is 0 Å². The van der Waals surface area contributed by atoms with Gasteiger partial charge in [-0.2, -0.15) is 0 Å². The predicted octanol–water partition coefficient (Wildman–Crippen LogP) is 3.52. The number of hydrogen-bond donors (Lipinski definition) is 1. The number of pyridine rings is 1. The summed E-state index contributed by atoms with van der Waals surface area (Å²) < 4.78 is 27.1. The van der Waals surface area contributed by atoms with Gasteiger partial charge in [0.25, 0.3) is 0 Å². The molecule has 0 amide bonds. The molecule has 1 N–H and O–H groups in total. The summed E-state index contributed by atoms with van der Waals surface area (Å²) in [5.74, 6) is -0.835. The Morgan fingerprint density at radius 2 is 1.95 bits per heavy atom. The van der Waals surface area contributed by atoms with Crippen LogP contribution in [0.1, 0.15) is 19.4 Å². The van der Waals surface area contributed by atoms with Crippen LogP contribution in [0, 0.1) is 11.6 Å². The molecule has 0 radical (unpaired) electrons. The number of hydrogen-bond acceptors (Lipinski definition) is 2. The number of nitrogens with one attached hydrogen (secondary N) is 1. The molecular formula is C15H16F2N2. The summed E-state index contributed by atoms with van der Waals surface area (Å²) in [6.07, 6.45) is 2.55. The van der Waals surface area contributed by atoms with Crippen LogP contribution in [0.4, 0.5) is 8.78 Å². The van der Waals surface area contributed by atoms with Crippen LogP contribution in [0.5, 0.6) is 0 Å². The first-order valence-corrected chi connectivity index (χ1v) is 6.19. The van der Waals surface area contributed by atoms with Crippen molar-refractivity contribution in [3.05, 3.63) is 53.9 Å². The predicted molar refractivity (Wildman–Crippen MR) is 71.6 cm³/mol. The molecule has 0 bridgehead atoms. The fourth-order valence-electron chi connectivity index (χ4n) is 1.78. The number of nitrogens with zero attached hydrogens (tertiary/aromatic N) is 1. The van der Waals surface area contributed by atoms with Gasteiger partial charge in [-0.05, 0) is 17.7 Å². The van der Waals surface area contributed by atoms with E-state index in [-0.39, 0.29) is 5.82 Å². The molecule has 0 atom stereocenters. The zero-order chi connectivity index (χ0) is 13.8. The second-order valence-electron chi connectivity index (χ2n) is 4.74. The van der Waals surface area contributed by atoms with E-state index in [1.165, 1.54) is 18.3 Å². The number of rotatable bonds is 4. The fraction of sp³-hybridized carbons (Fsp3) is 0.267. The molecule has 0 aliphatic carbocycles. The van der Waals surface area contributed by atoms with E-state index < -0.39 is 5.82 Å². The van der Waals surface area contributed by atoms with Gasteiger partial charge in [-0.1, -0.05) is 26.0 Å². The monoisotopic (exact) mass is 262 g/mol. The second kappa shape index (κ2) is 5.89. The van der Waals surface area contributed by atoms with Crippen LogP contribution in [-0.4, -0.2) is 11.0 Å². The molecule has 0 aliphatic rings. The minimum absolute atomic E-state index is 0.343. The van der Waals surface area contributed by atoms with Crippen LogP contribution in [0.15, 0.2) is 36.7 Å². The Hall–Kier alpha value is -1.81. The molecule has 2 nitrogen and oxygen atoms in total. The van der Waals surface area contributed by atoms with Gasteiger partial charge in [0.1, 0.15) is 11.6 Å². The zero-order valence-corrected chi connectivity index (χ0v) is 11.0. The largest absolute Gasteiger partial charge is 0.310 e. The summed E-state index contributed by atoms with van der Waals surface area (Å²) in [5.41, 5.74) is 1.67. The summed E-state index contributed by atoms with van der Waals surface area (Å²) >= 11 is 0. The van der Waals surface area contributed by atoms with E-state index in [1.807, 2.05) is 19.9 Å². The Balaban J connectivity index is 2.24. The van der Waals surface area contributed by atoms with Gasteiger partial charge in [-0.25, -0.2) is 8.78 Å². The van der Waals surface area contributed by atoms with Crippen LogP contribution in [-0.2, 0) is 6.54 Å². The first kappa shape index (κ1) is 13.6. The lowest BCUT2D eigenvalue weighted by atomic mass is 10.0. The maximum absolute atomic E-state index is 14.0. The average Bonchev–Trinajstić information content (AvgIpc) is 2.36. The summed E-state index contributed by atoms with van der Waals surface area (Å²) in [4.78, 5) is 3.73. The lowest BCUT2D eigenvalue weighted by Gasteiger charge is -2.10. The maximum atomic E-state index is 14.0. The van der Waals surface area contributed by atoms with E-state index in [0.29, 0.717) is 23.7 Å². The molecule has 0 spiro atoms. The van der Waals surface area contributed by atoms with Gasteiger partial charge >= 0.3 is 0 Å². The Morgan fingerprint density at radius 3 is 2.58 bits per heavy atom. The van der Waals surface area contributed by atoms with Crippen molar-refractivity contribution in [1.82, 2.24) is 10.3 Å². The zero-order valence-electron chi connectivity index (χ0n) is 11.0. The third kappa shape index (κ3) is 3.58. The molecular weight excluding hydrogens is 246 g/mol. The van der Waals surface area contributed by atoms with E-state index in [0.717, 1.165) is 11.8 Å². The van der Waals surface area contributed by atoms with Crippen LogP contribution < -0.4 is 5.32 Å². The normalized spacial score (nSPS) is 11.0. The highest BCUT2D eigenvalue weighted by atomic mass is 19.1. The van der Waals surface area contributed by atoms with E-state index in [9.17, 15) is 8.78 Å². The molecule has 1 aromatic carbocycles. The molecule has 0 saturated heterocycles. The summed E-state index contributed by atoms with van der Waals surface area (Å²) in [6.45, 7) is 4.67. The first-order valence-electron chi connectivity index (χ1n) is 6.19. The number of benzene rings is 1. The van der Waals surface area contributed by atoms with Gasteiger partial charge < -0.3 is 5.32 Å². The van der Waals surface area contributed by atoms with Gasteiger partial charge in [0, 0.05) is 29.9 Å². The minimum Gasteiger partial charge on any atom is -0.310 e. The van der Waals surface area contributed by atoms with Crippen molar-refractivity contribution in [3.63, 3.8) is 0 Å². The molecule has 0 saturated carbocycles. The van der Waals surface area contributed by atoms with Gasteiger partial charge in [-0.15, -0.1) is 0 Å². The molecule has 2 aromatic rings. The molecule has 1 aromatic heterocycles. The van der Waals surface area contributed by atoms with E-state index in [4.69, 9.17) is 0 Å². The lowest BCUT2D eigenvalue weighted by molar-refractivity contribution is 0.582. The summed E-state index contributed by atoms with van der Waals surface area (Å²) in [6, 6.07) is 6.57. The van der Waals surface area contributed by atoms with Crippen LogP contribution >= 0.6 is 0 Å². The van der Waals surface area contributed by atoms with Crippen molar-refractivity contribution in [1.29, 1.82) is 0 Å². The first-order chi connectivity index (χ1) is 9.06. The topological polar surface area (TPSA) is 24.9 Å². The number of aromatic nitrogens is 1. The van der Waals surface area contributed by atoms with Crippen molar-refractivity contribution >= 4 is 0 Å². The van der Waals surface area contributed by atoms with Crippen molar-refractivity contribution in [3.8, 4) is 11.1 Å². The van der Waals surface area contributed by atoms with Crippen LogP contribution in [0.2, 0.25) is 0 Å². The van der Waals surface area contributed by atoms with Crippen molar-refractivity contribution in [2.75, 3.05) is 0 Å². The Kier molecular flexibility index (Phi) is 4.22. The highest BCUT2D eigenvalue weighted by Gasteiger charge is 2.07. The van der Waals surface area contributed by atoms with Crippen LogP contribution in [0.3, 0.4) is 0 Å². The fourth-order valence-corrected chi connectivity index (χ4v) is 1.78. The maximum Gasteiger partial charge on any atom is 0.142 e. The standard InChI is InChI=1S/C15H16F2N2/c1-10(2)19-7-11-3-4-14(15(17)5-11)12-6-13(16)9-18-8-12/h3-6,8-10,19H,7H2,1-2H3. The molecule has 19 heavy (non-hydrogen) atoms. The number of halogens is 2. The lowest BCUT2D eigenvalue weighted by Crippen LogP contribution is -2.21. The van der Waals surface area contributed by atoms with Gasteiger partial charge in [0.2, 0.25) is 0 Å².